The van der Waals surface area contributed by atoms with Crippen LogP contribution >= 0.6 is 28.7 Å². The molecule has 4 rings (SSSR count). The van der Waals surface area contributed by atoms with Gasteiger partial charge >= 0.3 is 0 Å². The van der Waals surface area contributed by atoms with Crippen LogP contribution in [0.1, 0.15) is 79.7 Å². The number of benzene rings is 2. The van der Waals surface area contributed by atoms with E-state index in [4.69, 9.17) is 10.1 Å². The van der Waals surface area contributed by atoms with Crippen LogP contribution in [0.15, 0.2) is 29.2 Å². The van der Waals surface area contributed by atoms with Crippen molar-refractivity contribution in [3.8, 4) is 5.75 Å². The van der Waals surface area contributed by atoms with Gasteiger partial charge in [-0.25, -0.2) is 0 Å². The van der Waals surface area contributed by atoms with Gasteiger partial charge in [-0.3, -0.25) is 15.0 Å². The van der Waals surface area contributed by atoms with Crippen LogP contribution in [0, 0.1) is 5.41 Å². The largest absolute Gasteiger partial charge is 0.494 e. The number of carbonyl (C=O) groups is 2. The number of ketones is 1. The molecule has 0 fully saturated rings. The maximum atomic E-state index is 13.6. The molecule has 0 aromatic heterocycles. The zero-order valence-electron chi connectivity index (χ0n) is 22.8. The lowest BCUT2D eigenvalue weighted by molar-refractivity contribution is -0.119. The summed E-state index contributed by atoms with van der Waals surface area (Å²) < 4.78 is 5.80. The molecule has 0 spiro atoms. The van der Waals surface area contributed by atoms with Gasteiger partial charge in [0.2, 0.25) is 5.91 Å². The van der Waals surface area contributed by atoms with Gasteiger partial charge in [-0.1, -0.05) is 34.6 Å². The molecule has 0 unspecified atom stereocenters. The Labute approximate surface area is 235 Å². The maximum absolute atomic E-state index is 13.6. The highest BCUT2D eigenvalue weighted by molar-refractivity contribution is 8.93. The van der Waals surface area contributed by atoms with Crippen molar-refractivity contribution < 1.29 is 14.3 Å². The summed E-state index contributed by atoms with van der Waals surface area (Å²) in [6.07, 6.45) is 0.184. The number of fused-ring (bicyclic) bond motifs is 2. The molecule has 2 N–H and O–H groups in total. The van der Waals surface area contributed by atoms with Crippen LogP contribution in [-0.2, 0) is 28.6 Å². The molecule has 2 aromatic carbocycles. The Bertz CT molecular complexity index is 1250. The van der Waals surface area contributed by atoms with Crippen LogP contribution < -0.4 is 10.1 Å². The number of halogens is 1. The zero-order valence-corrected chi connectivity index (χ0v) is 25.4. The number of amidine groups is 1. The molecule has 2 aliphatic heterocycles. The molecule has 0 atom stereocenters. The summed E-state index contributed by atoms with van der Waals surface area (Å²) >= 11 is 1.89. The fraction of sp³-hybridized carbons (Fsp3) is 0.483. The zero-order chi connectivity index (χ0) is 26.4. The lowest BCUT2D eigenvalue weighted by atomic mass is 9.79. The molecule has 0 saturated carbocycles. The highest BCUT2D eigenvalue weighted by atomic mass is 79.9. The summed E-state index contributed by atoms with van der Waals surface area (Å²) in [6.45, 7) is 14.1. The van der Waals surface area contributed by atoms with Gasteiger partial charge in [0.25, 0.3) is 0 Å². The Morgan fingerprint density at radius 2 is 1.89 bits per heavy atom. The third-order valence-corrected chi connectivity index (χ3v) is 8.60. The molecule has 2 aliphatic rings. The number of ether oxygens (including phenoxy) is 1. The Morgan fingerprint density at radius 1 is 1.19 bits per heavy atom. The van der Waals surface area contributed by atoms with Crippen LogP contribution in [-0.4, -0.2) is 48.4 Å². The van der Waals surface area contributed by atoms with Crippen molar-refractivity contribution in [2.45, 2.75) is 70.2 Å². The summed E-state index contributed by atoms with van der Waals surface area (Å²) in [5.74, 6) is 1.89. The maximum Gasteiger partial charge on any atom is 0.224 e. The lowest BCUT2D eigenvalue weighted by Crippen LogP contribution is -2.30. The fourth-order valence-corrected chi connectivity index (χ4v) is 6.57. The van der Waals surface area contributed by atoms with Gasteiger partial charge in [-0.05, 0) is 53.3 Å². The minimum atomic E-state index is -0.111. The number of Topliss-reactive ketones (excluding diaryl/α,β-unsaturated/α-hetero) is 1. The van der Waals surface area contributed by atoms with E-state index in [0.29, 0.717) is 30.3 Å². The minimum Gasteiger partial charge on any atom is -0.494 e. The van der Waals surface area contributed by atoms with E-state index in [1.807, 2.05) is 35.7 Å². The summed E-state index contributed by atoms with van der Waals surface area (Å²) in [5, 5.41) is 11.4. The summed E-state index contributed by atoms with van der Waals surface area (Å²) in [6, 6.07) is 7.93. The normalized spacial score (nSPS) is 15.6. The first-order valence-electron chi connectivity index (χ1n) is 12.5. The number of hydrogen-bond donors (Lipinski definition) is 2. The number of thioether (sulfide) groups is 1. The smallest absolute Gasteiger partial charge is 0.224 e. The van der Waals surface area contributed by atoms with E-state index in [0.717, 1.165) is 22.4 Å². The predicted octanol–water partition coefficient (Wildman–Crippen LogP) is 5.66. The van der Waals surface area contributed by atoms with Crippen LogP contribution in [0.2, 0.25) is 0 Å². The van der Waals surface area contributed by atoms with Crippen molar-refractivity contribution in [2.75, 3.05) is 26.0 Å². The molecule has 2 heterocycles. The third-order valence-electron chi connectivity index (χ3n) is 7.01. The standard InChI is InChI=1S/C29H37N3O3S.BrH/c1-8-35-24-12-19-14-32(27(30)20(19)9-18(24)13-25(34)31-7)15-23(33)17-10-21(28(2,3)4)26-22(11-17)29(5,6)16-36-26;/h9-12,30H,8,13-16H2,1-7H3,(H,31,34);1H. The van der Waals surface area contributed by atoms with Crippen LogP contribution in [0.25, 0.3) is 0 Å². The summed E-state index contributed by atoms with van der Waals surface area (Å²) in [5.41, 5.74) is 5.59. The number of amides is 1. The Kier molecular flexibility index (Phi) is 8.54. The van der Waals surface area contributed by atoms with Gasteiger partial charge in [0.15, 0.2) is 5.78 Å². The van der Waals surface area contributed by atoms with Gasteiger partial charge in [0.05, 0.1) is 19.6 Å². The number of hydrogen-bond acceptors (Lipinski definition) is 5. The predicted molar refractivity (Wildman–Crippen MR) is 156 cm³/mol. The molecule has 6 nitrogen and oxygen atoms in total. The highest BCUT2D eigenvalue weighted by Gasteiger charge is 2.36. The number of carbonyl (C=O) groups excluding carboxylic acids is 2. The molecule has 0 radical (unpaired) electrons. The molecule has 8 heteroatoms. The van der Waals surface area contributed by atoms with Gasteiger partial charge in [-0.2, -0.15) is 0 Å². The van der Waals surface area contributed by atoms with Crippen molar-refractivity contribution in [2.24, 2.45) is 0 Å². The van der Waals surface area contributed by atoms with Gasteiger partial charge in [-0.15, -0.1) is 28.7 Å². The Balaban J connectivity index is 0.00000380. The van der Waals surface area contributed by atoms with Crippen LogP contribution in [0.4, 0.5) is 0 Å². The Morgan fingerprint density at radius 3 is 2.51 bits per heavy atom. The van der Waals surface area contributed by atoms with Gasteiger partial charge < -0.3 is 15.0 Å². The van der Waals surface area contributed by atoms with E-state index in [1.54, 1.807) is 7.05 Å². The first-order valence-corrected chi connectivity index (χ1v) is 13.5. The van der Waals surface area contributed by atoms with E-state index in [-0.39, 0.29) is 52.5 Å². The van der Waals surface area contributed by atoms with E-state index >= 15 is 0 Å². The number of likely N-dealkylation sites (N-methyl/N-ethyl adjacent to an activating group) is 1. The number of rotatable bonds is 7. The summed E-state index contributed by atoms with van der Waals surface area (Å²) in [7, 11) is 1.61. The summed E-state index contributed by atoms with van der Waals surface area (Å²) in [4.78, 5) is 28.8. The lowest BCUT2D eigenvalue weighted by Gasteiger charge is -2.26. The molecule has 0 saturated heterocycles. The van der Waals surface area contributed by atoms with E-state index in [2.05, 4.69) is 52.1 Å². The first kappa shape index (κ1) is 29.2. The monoisotopic (exact) mass is 587 g/mol. The van der Waals surface area contributed by atoms with Crippen molar-refractivity contribution in [3.63, 3.8) is 0 Å². The van der Waals surface area contributed by atoms with Crippen molar-refractivity contribution in [1.82, 2.24) is 10.2 Å². The Hall–Kier alpha value is -2.32. The SMILES string of the molecule is Br.CCOc1cc2c(cc1CC(=O)NC)C(=N)N(CC(=O)c1cc(C(C)(C)C)c3c(c1)C(C)(C)CS3)C2. The highest BCUT2D eigenvalue weighted by Crippen LogP contribution is 2.48. The van der Waals surface area contributed by atoms with E-state index in [1.165, 1.54) is 16.0 Å². The van der Waals surface area contributed by atoms with E-state index in [9.17, 15) is 9.59 Å². The topological polar surface area (TPSA) is 82.5 Å². The van der Waals surface area contributed by atoms with Gasteiger partial charge in [0.1, 0.15) is 11.6 Å². The van der Waals surface area contributed by atoms with Crippen LogP contribution in [0.5, 0.6) is 5.75 Å². The molecule has 1 amide bonds. The average molecular weight is 589 g/mol. The average Bonchev–Trinajstić information content (AvgIpc) is 3.28. The molecule has 37 heavy (non-hydrogen) atoms. The minimum absolute atomic E-state index is 0. The molecule has 2 aromatic rings. The molecular weight excluding hydrogens is 550 g/mol. The molecule has 0 aliphatic carbocycles. The molecular formula is C29H38BrN3O3S. The van der Waals surface area contributed by atoms with Crippen molar-refractivity contribution >= 4 is 46.3 Å². The van der Waals surface area contributed by atoms with Crippen LogP contribution in [0.3, 0.4) is 0 Å². The second-order valence-electron chi connectivity index (χ2n) is 11.4. The first-order chi connectivity index (χ1) is 16.9. The molecule has 200 valence electrons. The van der Waals surface area contributed by atoms with Crippen molar-refractivity contribution in [3.05, 3.63) is 57.6 Å². The van der Waals surface area contributed by atoms with E-state index < -0.39 is 0 Å². The number of nitrogens with zero attached hydrogens (tertiary/aromatic N) is 1. The van der Waals surface area contributed by atoms with Gasteiger partial charge in [0, 0.05) is 46.3 Å². The van der Waals surface area contributed by atoms with Crippen molar-refractivity contribution in [1.29, 1.82) is 5.41 Å². The fourth-order valence-electron chi connectivity index (χ4n) is 4.90. The number of nitrogens with one attached hydrogen (secondary N) is 2. The second kappa shape index (κ2) is 10.8. The third kappa shape index (κ3) is 5.75. The second-order valence-corrected chi connectivity index (χ2v) is 12.3. The molecule has 0 bridgehead atoms. The quantitative estimate of drug-likeness (QED) is 0.409.